The number of hydrogen-bond acceptors (Lipinski definition) is 10. The Balaban J connectivity index is 1.16. The van der Waals surface area contributed by atoms with Gasteiger partial charge in [-0.15, -0.1) is 0 Å². The van der Waals surface area contributed by atoms with Crippen molar-refractivity contribution in [3.63, 3.8) is 0 Å². The molecule has 226 valence electrons. The lowest BCUT2D eigenvalue weighted by atomic mass is 10.0. The summed E-state index contributed by atoms with van der Waals surface area (Å²) in [6.07, 6.45) is 3.89. The molecule has 14 heteroatoms. The summed E-state index contributed by atoms with van der Waals surface area (Å²) in [5.41, 5.74) is -0.407. The Bertz CT molecular complexity index is 1250. The largest absolute Gasteiger partial charge is 0.422 e. The van der Waals surface area contributed by atoms with Crippen LogP contribution in [0.2, 0.25) is 0 Å². The minimum atomic E-state index is -0.891. The molecule has 1 aromatic carbocycles. The van der Waals surface area contributed by atoms with Crippen molar-refractivity contribution in [3.8, 4) is 0 Å². The Morgan fingerprint density at radius 1 is 1.05 bits per heavy atom. The van der Waals surface area contributed by atoms with Crippen LogP contribution in [0.1, 0.15) is 25.7 Å². The zero-order valence-electron chi connectivity index (χ0n) is 23.2. The van der Waals surface area contributed by atoms with Crippen LogP contribution in [0, 0.1) is 0 Å². The van der Waals surface area contributed by atoms with E-state index in [-0.39, 0.29) is 43.1 Å². The number of nitrogens with one attached hydrogen (secondary N) is 4. The van der Waals surface area contributed by atoms with Gasteiger partial charge in [0.2, 0.25) is 18.2 Å². The zero-order chi connectivity index (χ0) is 29.5. The van der Waals surface area contributed by atoms with Gasteiger partial charge in [0.1, 0.15) is 6.54 Å². The zero-order valence-corrected chi connectivity index (χ0v) is 24.0. The number of amides is 3. The van der Waals surface area contributed by atoms with Crippen LogP contribution in [0.15, 0.2) is 38.3 Å². The van der Waals surface area contributed by atoms with Crippen LogP contribution < -0.4 is 32.6 Å². The number of unbranched alkanes of at least 4 members (excludes halogenated alkanes) is 1. The first-order valence-corrected chi connectivity index (χ1v) is 14.8. The van der Waals surface area contributed by atoms with Crippen molar-refractivity contribution >= 4 is 40.9 Å². The highest BCUT2D eigenvalue weighted by Gasteiger charge is 2.35. The molecule has 0 aliphatic carbocycles. The monoisotopic (exact) mass is 593 g/mol. The maximum atomic E-state index is 12.2. The number of hydrogen-bond donors (Lipinski definition) is 4. The Morgan fingerprint density at radius 2 is 1.76 bits per heavy atom. The summed E-state index contributed by atoms with van der Waals surface area (Å²) in [4.78, 5) is 59.0. The van der Waals surface area contributed by atoms with Crippen molar-refractivity contribution in [3.05, 3.63) is 45.2 Å². The van der Waals surface area contributed by atoms with E-state index in [4.69, 9.17) is 9.47 Å². The smallest absolute Gasteiger partial charge is 0.377 e. The normalized spacial score (nSPS) is 18.3. The van der Waals surface area contributed by atoms with Crippen LogP contribution in [0.5, 0.6) is 0 Å². The Hall–Kier alpha value is -3.20. The lowest BCUT2D eigenvalue weighted by molar-refractivity contribution is -0.122. The number of rotatable bonds is 19. The van der Waals surface area contributed by atoms with E-state index in [1.807, 2.05) is 18.8 Å². The number of para-hydroxylation sites is 1. The molecule has 2 heterocycles. The predicted molar refractivity (Wildman–Crippen MR) is 155 cm³/mol. The van der Waals surface area contributed by atoms with E-state index in [0.717, 1.165) is 36.0 Å². The fourth-order valence-electron chi connectivity index (χ4n) is 4.61. The fraction of sp³-hybridized carbons (Fsp3) is 0.593. The minimum Gasteiger partial charge on any atom is -0.377 e. The van der Waals surface area contributed by atoms with Crippen molar-refractivity contribution < 1.29 is 28.3 Å². The quantitative estimate of drug-likeness (QED) is 0.124. The number of benzene rings is 1. The summed E-state index contributed by atoms with van der Waals surface area (Å²) in [6, 6.07) is 6.83. The maximum Gasteiger partial charge on any atom is 0.422 e. The number of fused-ring (bicyclic) bond motifs is 1. The van der Waals surface area contributed by atoms with Crippen molar-refractivity contribution in [1.29, 1.82) is 0 Å². The van der Waals surface area contributed by atoms with Crippen LogP contribution in [0.4, 0.5) is 0 Å². The lowest BCUT2D eigenvalue weighted by Gasteiger charge is -2.22. The third-order valence-corrected chi connectivity index (χ3v) is 8.23. The maximum absolute atomic E-state index is 12.2. The van der Waals surface area contributed by atoms with Crippen LogP contribution in [-0.4, -0.2) is 92.4 Å². The van der Waals surface area contributed by atoms with Crippen molar-refractivity contribution in [2.24, 2.45) is 0 Å². The fourth-order valence-corrected chi connectivity index (χ4v) is 6.24. The second-order valence-corrected chi connectivity index (χ2v) is 10.8. The second kappa shape index (κ2) is 17.6. The highest BCUT2D eigenvalue weighted by molar-refractivity contribution is 8.00. The second-order valence-electron chi connectivity index (χ2n) is 9.51. The van der Waals surface area contributed by atoms with E-state index in [0.29, 0.717) is 43.6 Å². The van der Waals surface area contributed by atoms with Gasteiger partial charge in [0.25, 0.3) is 0 Å². The predicted octanol–water partition coefficient (Wildman–Crippen LogP) is -0.401. The van der Waals surface area contributed by atoms with Gasteiger partial charge in [0, 0.05) is 36.6 Å². The average Bonchev–Trinajstić information content (AvgIpc) is 3.35. The number of carbonyl (C=O) groups excluding carboxylic acids is 3. The van der Waals surface area contributed by atoms with Gasteiger partial charge in [-0.05, 0) is 32.0 Å². The van der Waals surface area contributed by atoms with Crippen molar-refractivity contribution in [2.45, 2.75) is 49.6 Å². The summed E-state index contributed by atoms with van der Waals surface area (Å²) >= 11 is 1.86. The molecule has 3 unspecified atom stereocenters. The molecule has 0 spiro atoms. The van der Waals surface area contributed by atoms with E-state index < -0.39 is 17.3 Å². The molecule has 0 saturated carbocycles. The summed E-state index contributed by atoms with van der Waals surface area (Å²) in [6.45, 7) is 1.66. The molecule has 1 aliphatic rings. The summed E-state index contributed by atoms with van der Waals surface area (Å²) in [5.74, 6) is -0.352. The molecule has 0 bridgehead atoms. The first-order valence-electron chi connectivity index (χ1n) is 13.7. The van der Waals surface area contributed by atoms with Crippen LogP contribution in [0.25, 0.3) is 10.9 Å². The van der Waals surface area contributed by atoms with Gasteiger partial charge in [0.15, 0.2) is 0 Å². The van der Waals surface area contributed by atoms with Gasteiger partial charge in [-0.25, -0.2) is 9.59 Å². The molecule has 1 fully saturated rings. The number of nitrogens with zero attached hydrogens (tertiary/aromatic N) is 1. The van der Waals surface area contributed by atoms with Gasteiger partial charge in [-0.1, -0.05) is 18.6 Å². The molecule has 13 nitrogen and oxygen atoms in total. The molecule has 0 radical (unpaired) electrons. The van der Waals surface area contributed by atoms with Gasteiger partial charge in [-0.3, -0.25) is 19.0 Å². The lowest BCUT2D eigenvalue weighted by Crippen LogP contribution is -2.48. The first-order chi connectivity index (χ1) is 19.9. The molecule has 1 saturated heterocycles. The highest BCUT2D eigenvalue weighted by Crippen LogP contribution is 2.31. The third kappa shape index (κ3) is 10.3. The number of ether oxygens (including phenoxy) is 2. The molecular formula is C27H39N5O8S. The van der Waals surface area contributed by atoms with Gasteiger partial charge in [-0.2, -0.15) is 11.8 Å². The van der Waals surface area contributed by atoms with Crippen LogP contribution in [-0.2, 0) is 30.4 Å². The summed E-state index contributed by atoms with van der Waals surface area (Å²) in [7, 11) is 1.91. The Labute approximate surface area is 242 Å². The Morgan fingerprint density at radius 3 is 2.46 bits per heavy atom. The van der Waals surface area contributed by atoms with E-state index >= 15 is 0 Å². The molecule has 3 atom stereocenters. The van der Waals surface area contributed by atoms with Gasteiger partial charge < -0.3 is 35.2 Å². The van der Waals surface area contributed by atoms with E-state index in [1.165, 1.54) is 6.07 Å². The molecule has 1 aliphatic heterocycles. The minimum absolute atomic E-state index is 0.0109. The van der Waals surface area contributed by atoms with Crippen molar-refractivity contribution in [1.82, 2.24) is 25.8 Å². The summed E-state index contributed by atoms with van der Waals surface area (Å²) in [5, 5.41) is 12.3. The summed E-state index contributed by atoms with van der Waals surface area (Å²) < 4.78 is 16.7. The number of thioether (sulfide) groups is 1. The highest BCUT2D eigenvalue weighted by atomic mass is 32.2. The Kier molecular flexibility index (Phi) is 13.9. The number of aromatic nitrogens is 1. The molecule has 3 amide bonds. The topological polar surface area (TPSA) is 170 Å². The first kappa shape index (κ1) is 32.3. The SMILES string of the molecule is CNC1CSC(CCCCC(=O)NCCOCCOCCNC(=O)Cn2c(=O)oc(=O)c3ccccc32)C1NC=O. The molecular weight excluding hydrogens is 554 g/mol. The molecule has 1 aromatic heterocycles. The van der Waals surface area contributed by atoms with E-state index in [1.54, 1.807) is 18.2 Å². The molecule has 41 heavy (non-hydrogen) atoms. The molecule has 2 aromatic rings. The van der Waals surface area contributed by atoms with Crippen LogP contribution >= 0.6 is 11.8 Å². The molecule has 3 rings (SSSR count). The number of carbonyl (C=O) groups is 3. The van der Waals surface area contributed by atoms with Crippen molar-refractivity contribution in [2.75, 3.05) is 52.3 Å². The third-order valence-electron chi connectivity index (χ3n) is 6.72. The average molecular weight is 594 g/mol. The van der Waals surface area contributed by atoms with Gasteiger partial charge >= 0.3 is 11.4 Å². The van der Waals surface area contributed by atoms with E-state index in [9.17, 15) is 24.0 Å². The standard InChI is InChI=1S/C27H39N5O8S/c1-28-20-17-41-22(25(20)31-18-33)8-4-5-9-23(34)29-10-12-38-14-15-39-13-11-30-24(35)16-32-21-7-3-2-6-19(21)26(36)40-27(32)37/h2-3,6-7,18,20,22,25,28H,4-5,8-17H2,1H3,(H,29,34)(H,30,35)(H,31,33). The number of likely N-dealkylation sites (N-methyl/N-ethyl adjacent to an activating group) is 1. The van der Waals surface area contributed by atoms with Crippen LogP contribution in [0.3, 0.4) is 0 Å². The molecule has 4 N–H and O–H groups in total. The van der Waals surface area contributed by atoms with Gasteiger partial charge in [0.05, 0.1) is 43.4 Å². The van der Waals surface area contributed by atoms with E-state index in [2.05, 4.69) is 25.7 Å².